The highest BCUT2D eigenvalue weighted by atomic mass is 15.1. The van der Waals surface area contributed by atoms with Crippen molar-refractivity contribution in [3.8, 4) is 0 Å². The second kappa shape index (κ2) is 43.1. The molecule has 0 aliphatic rings. The van der Waals surface area contributed by atoms with Crippen molar-refractivity contribution < 1.29 is 0 Å². The van der Waals surface area contributed by atoms with Gasteiger partial charge in [0.2, 0.25) is 0 Å². The zero-order valence-electron chi connectivity index (χ0n) is 34.7. The van der Waals surface area contributed by atoms with Crippen molar-refractivity contribution in [1.82, 2.24) is 4.90 Å². The van der Waals surface area contributed by atoms with Crippen molar-refractivity contribution in [3.05, 3.63) is 0 Å². The Morgan fingerprint density at radius 3 is 0.646 bits per heavy atom. The molecule has 0 spiro atoms. The van der Waals surface area contributed by atoms with Gasteiger partial charge < -0.3 is 4.90 Å². The molecule has 0 N–H and O–H groups in total. The van der Waals surface area contributed by atoms with Crippen LogP contribution in [0.1, 0.15) is 278 Å². The van der Waals surface area contributed by atoms with Crippen molar-refractivity contribution in [1.29, 1.82) is 0 Å². The normalized spacial score (nSPS) is 11.9. The lowest BCUT2D eigenvalue weighted by Gasteiger charge is -2.22. The highest BCUT2D eigenvalue weighted by Gasteiger charge is 2.06. The predicted molar refractivity (Wildman–Crippen MR) is 223 cm³/mol. The molecule has 290 valence electrons. The van der Waals surface area contributed by atoms with Gasteiger partial charge in [-0.25, -0.2) is 0 Å². The first-order chi connectivity index (χ1) is 23.7. The molecule has 0 saturated carbocycles. The Labute approximate surface area is 307 Å². The fourth-order valence-corrected chi connectivity index (χ4v) is 7.70. The minimum atomic E-state index is 0.882. The Kier molecular flexibility index (Phi) is 43.1. The Balaban J connectivity index is 3.85. The lowest BCUT2D eigenvalue weighted by atomic mass is 10.0. The van der Waals surface area contributed by atoms with Gasteiger partial charge in [-0.1, -0.05) is 259 Å². The zero-order chi connectivity index (χ0) is 34.9. The van der Waals surface area contributed by atoms with Crippen LogP contribution in [0.3, 0.4) is 0 Å². The molecule has 0 amide bonds. The van der Waals surface area contributed by atoms with Crippen LogP contribution in [0.5, 0.6) is 0 Å². The number of rotatable bonds is 43. The van der Waals surface area contributed by atoms with Crippen LogP contribution in [0.15, 0.2) is 0 Å². The summed E-state index contributed by atoms with van der Waals surface area (Å²) in [4.78, 5) is 2.87. The smallest absolute Gasteiger partial charge is 0.00187 e. The van der Waals surface area contributed by atoms with E-state index in [-0.39, 0.29) is 0 Å². The molecule has 0 radical (unpaired) electrons. The van der Waals surface area contributed by atoms with E-state index in [2.05, 4.69) is 32.6 Å². The summed E-state index contributed by atoms with van der Waals surface area (Å²) in [6.07, 6.45) is 57.1. The van der Waals surface area contributed by atoms with E-state index in [0.29, 0.717) is 0 Å². The van der Waals surface area contributed by atoms with Crippen LogP contribution in [0, 0.1) is 5.92 Å². The summed E-state index contributed by atoms with van der Waals surface area (Å²) >= 11 is 0. The zero-order valence-corrected chi connectivity index (χ0v) is 34.7. The van der Waals surface area contributed by atoms with Crippen molar-refractivity contribution >= 4 is 0 Å². The van der Waals surface area contributed by atoms with Gasteiger partial charge in [-0.05, 0) is 44.8 Å². The maximum absolute atomic E-state index is 2.87. The van der Waals surface area contributed by atoms with Crippen LogP contribution >= 0.6 is 0 Å². The van der Waals surface area contributed by atoms with Gasteiger partial charge in [0.15, 0.2) is 0 Å². The molecule has 0 aromatic carbocycles. The fourth-order valence-electron chi connectivity index (χ4n) is 7.70. The summed E-state index contributed by atoms with van der Waals surface area (Å²) in [5.74, 6) is 0.882. The molecule has 0 atom stereocenters. The van der Waals surface area contributed by atoms with E-state index in [4.69, 9.17) is 0 Å². The second-order valence-electron chi connectivity index (χ2n) is 16.8. The lowest BCUT2D eigenvalue weighted by molar-refractivity contribution is 0.254. The van der Waals surface area contributed by atoms with Gasteiger partial charge >= 0.3 is 0 Å². The van der Waals surface area contributed by atoms with Crippen molar-refractivity contribution in [2.75, 3.05) is 19.6 Å². The minimum Gasteiger partial charge on any atom is -0.303 e. The largest absolute Gasteiger partial charge is 0.303 e. The van der Waals surface area contributed by atoms with Gasteiger partial charge in [-0.3, -0.25) is 0 Å². The standard InChI is InChI=1S/C47H97N/c1-5-7-9-11-13-15-17-19-21-23-25-27-29-32-36-40-44-48(46-42-38-34-31-35-39-43-47(3)4)45-41-37-33-30-28-26-24-22-20-18-16-14-12-10-8-6-2/h47H,5-46H2,1-4H3. The van der Waals surface area contributed by atoms with Crippen LogP contribution in [0.2, 0.25) is 0 Å². The summed E-state index contributed by atoms with van der Waals surface area (Å²) in [6, 6.07) is 0. The molecule has 0 unspecified atom stereocenters. The molecule has 0 rings (SSSR count). The Morgan fingerprint density at radius 1 is 0.250 bits per heavy atom. The van der Waals surface area contributed by atoms with E-state index < -0.39 is 0 Å². The summed E-state index contributed by atoms with van der Waals surface area (Å²) in [6.45, 7) is 13.5. The summed E-state index contributed by atoms with van der Waals surface area (Å²) < 4.78 is 0. The average molecular weight is 676 g/mol. The predicted octanol–water partition coefficient (Wildman–Crippen LogP) is 17.2. The quantitative estimate of drug-likeness (QED) is 0.0581. The molecule has 0 saturated heterocycles. The van der Waals surface area contributed by atoms with E-state index in [1.165, 1.54) is 270 Å². The third-order valence-electron chi connectivity index (χ3n) is 11.2. The van der Waals surface area contributed by atoms with E-state index in [1.807, 2.05) is 0 Å². The van der Waals surface area contributed by atoms with Gasteiger partial charge in [0.05, 0.1) is 0 Å². The third kappa shape index (κ3) is 42.1. The second-order valence-corrected chi connectivity index (χ2v) is 16.8. The maximum atomic E-state index is 2.87. The molecule has 0 bridgehead atoms. The SMILES string of the molecule is CCCCCCCCCCCCCCCCCCN(CCCCCCCCCCCCCCCCCC)CCCCCCCCC(C)C. The molecule has 0 heterocycles. The first-order valence-electron chi connectivity index (χ1n) is 23.4. The van der Waals surface area contributed by atoms with Crippen molar-refractivity contribution in [3.63, 3.8) is 0 Å². The summed E-state index contributed by atoms with van der Waals surface area (Å²) in [7, 11) is 0. The number of hydrogen-bond acceptors (Lipinski definition) is 1. The molecular formula is C47H97N. The van der Waals surface area contributed by atoms with E-state index in [9.17, 15) is 0 Å². The Hall–Kier alpha value is -0.0400. The van der Waals surface area contributed by atoms with Gasteiger partial charge in [0.25, 0.3) is 0 Å². The minimum absolute atomic E-state index is 0.882. The lowest BCUT2D eigenvalue weighted by Crippen LogP contribution is -2.27. The summed E-state index contributed by atoms with van der Waals surface area (Å²) in [5.41, 5.74) is 0. The number of hydrogen-bond donors (Lipinski definition) is 0. The van der Waals surface area contributed by atoms with Gasteiger partial charge in [-0.2, -0.15) is 0 Å². The van der Waals surface area contributed by atoms with Gasteiger partial charge in [0.1, 0.15) is 0 Å². The highest BCUT2D eigenvalue weighted by molar-refractivity contribution is 4.61. The van der Waals surface area contributed by atoms with Crippen LogP contribution in [-0.4, -0.2) is 24.5 Å². The molecule has 0 aliphatic carbocycles. The molecule has 0 aliphatic heterocycles. The van der Waals surface area contributed by atoms with E-state index >= 15 is 0 Å². The number of unbranched alkanes of at least 4 members (excludes halogenated alkanes) is 35. The first-order valence-corrected chi connectivity index (χ1v) is 23.4. The molecule has 0 aromatic heterocycles. The Bertz CT molecular complexity index is 505. The van der Waals surface area contributed by atoms with Gasteiger partial charge in [-0.15, -0.1) is 0 Å². The highest BCUT2D eigenvalue weighted by Crippen LogP contribution is 2.17. The van der Waals surface area contributed by atoms with Crippen molar-refractivity contribution in [2.24, 2.45) is 5.92 Å². The molecule has 0 fully saturated rings. The maximum Gasteiger partial charge on any atom is -0.00187 e. The van der Waals surface area contributed by atoms with Crippen molar-refractivity contribution in [2.45, 2.75) is 278 Å². The molecule has 48 heavy (non-hydrogen) atoms. The van der Waals surface area contributed by atoms with Gasteiger partial charge in [0, 0.05) is 0 Å². The van der Waals surface area contributed by atoms with E-state index in [1.54, 1.807) is 0 Å². The fraction of sp³-hybridized carbons (Fsp3) is 1.00. The Morgan fingerprint density at radius 2 is 0.438 bits per heavy atom. The average Bonchev–Trinajstić information content (AvgIpc) is 3.08. The third-order valence-corrected chi connectivity index (χ3v) is 11.2. The topological polar surface area (TPSA) is 3.24 Å². The summed E-state index contributed by atoms with van der Waals surface area (Å²) in [5, 5.41) is 0. The van der Waals surface area contributed by atoms with Crippen LogP contribution in [-0.2, 0) is 0 Å². The van der Waals surface area contributed by atoms with Crippen LogP contribution < -0.4 is 0 Å². The molecule has 1 nitrogen and oxygen atoms in total. The van der Waals surface area contributed by atoms with E-state index in [0.717, 1.165) is 5.92 Å². The van der Waals surface area contributed by atoms with Crippen LogP contribution in [0.4, 0.5) is 0 Å². The van der Waals surface area contributed by atoms with Crippen LogP contribution in [0.25, 0.3) is 0 Å². The monoisotopic (exact) mass is 676 g/mol. The molecule has 1 heteroatoms. The molecule has 0 aromatic rings. The first kappa shape index (κ1) is 48.0. The number of nitrogens with zero attached hydrogens (tertiary/aromatic N) is 1. The molecular weight excluding hydrogens is 579 g/mol.